The molecule has 0 aliphatic carbocycles. The van der Waals surface area contributed by atoms with Gasteiger partial charge in [0.1, 0.15) is 24.2 Å². The zero-order valence-electron chi connectivity index (χ0n) is 22.6. The number of anilines is 1. The quantitative estimate of drug-likeness (QED) is 0.222. The van der Waals surface area contributed by atoms with Gasteiger partial charge >= 0.3 is 11.9 Å². The van der Waals surface area contributed by atoms with Crippen molar-refractivity contribution in [3.05, 3.63) is 12.7 Å². The van der Waals surface area contributed by atoms with Crippen LogP contribution in [0.2, 0.25) is 0 Å². The predicted molar refractivity (Wildman–Crippen MR) is 140 cm³/mol. The van der Waals surface area contributed by atoms with Crippen LogP contribution in [0.3, 0.4) is 0 Å². The van der Waals surface area contributed by atoms with Gasteiger partial charge in [-0.1, -0.05) is 20.8 Å². The van der Waals surface area contributed by atoms with Gasteiger partial charge in [0.25, 0.3) is 0 Å². The lowest BCUT2D eigenvalue weighted by atomic mass is 10.2. The highest BCUT2D eigenvalue weighted by molar-refractivity contribution is 7.59. The van der Waals surface area contributed by atoms with Crippen molar-refractivity contribution >= 4 is 36.4 Å². The summed E-state index contributed by atoms with van der Waals surface area (Å²) in [6.45, 7) is 13.1. The summed E-state index contributed by atoms with van der Waals surface area (Å²) in [6, 6.07) is -0.869. The van der Waals surface area contributed by atoms with Crippen LogP contribution in [0.4, 0.5) is 5.82 Å². The van der Waals surface area contributed by atoms with Crippen LogP contribution in [-0.2, 0) is 34.9 Å². The second-order valence-electron chi connectivity index (χ2n) is 9.80. The molecule has 0 unspecified atom stereocenters. The van der Waals surface area contributed by atoms with Crippen LogP contribution in [-0.4, -0.2) is 69.2 Å². The number of imidazole rings is 1. The summed E-state index contributed by atoms with van der Waals surface area (Å²) >= 11 is 0. The van der Waals surface area contributed by atoms with Crippen LogP contribution in [0.25, 0.3) is 11.2 Å². The summed E-state index contributed by atoms with van der Waals surface area (Å²) in [6.07, 6.45) is 2.03. The fraction of sp³-hybridized carbons (Fsp3) is 0.696. The normalized spacial score (nSPS) is 15.9. The molecule has 2 aromatic rings. The molecule has 2 rings (SSSR count). The van der Waals surface area contributed by atoms with Crippen LogP contribution in [0, 0.1) is 11.8 Å². The maximum Gasteiger partial charge on any atom is 0.323 e. The molecule has 14 heteroatoms. The van der Waals surface area contributed by atoms with E-state index in [9.17, 15) is 14.2 Å². The Bertz CT molecular complexity index is 1090. The van der Waals surface area contributed by atoms with E-state index >= 15 is 0 Å². The summed E-state index contributed by atoms with van der Waals surface area (Å²) in [7, 11) is -3.51. The topological polar surface area (TPSA) is 173 Å². The van der Waals surface area contributed by atoms with Gasteiger partial charge in [-0.15, -0.1) is 0 Å². The van der Waals surface area contributed by atoms with E-state index in [-0.39, 0.29) is 37.3 Å². The van der Waals surface area contributed by atoms with Crippen molar-refractivity contribution in [1.82, 2.24) is 29.7 Å². The maximum absolute atomic E-state index is 13.8. The van der Waals surface area contributed by atoms with Gasteiger partial charge in [-0.25, -0.2) is 20.0 Å². The smallest absolute Gasteiger partial charge is 0.323 e. The van der Waals surface area contributed by atoms with Crippen molar-refractivity contribution in [3.63, 3.8) is 0 Å². The molecule has 0 fully saturated rings. The molecule has 13 nitrogen and oxygen atoms in total. The fourth-order valence-electron chi connectivity index (χ4n) is 3.18. The minimum absolute atomic E-state index is 0.0592. The van der Waals surface area contributed by atoms with Crippen molar-refractivity contribution in [3.8, 4) is 0 Å². The molecule has 0 amide bonds. The Labute approximate surface area is 217 Å². The van der Waals surface area contributed by atoms with Crippen molar-refractivity contribution in [2.45, 2.75) is 73.3 Å². The summed E-state index contributed by atoms with van der Waals surface area (Å²) in [4.78, 5) is 37.0. The first kappa shape index (κ1) is 30.6. The third-order valence-electron chi connectivity index (χ3n) is 5.15. The first-order chi connectivity index (χ1) is 17.3. The lowest BCUT2D eigenvalue weighted by molar-refractivity contribution is -0.151. The molecule has 0 aliphatic rings. The zero-order valence-corrected chi connectivity index (χ0v) is 23.5. The van der Waals surface area contributed by atoms with E-state index in [1.807, 2.05) is 20.8 Å². The van der Waals surface area contributed by atoms with E-state index in [0.717, 1.165) is 0 Å². The van der Waals surface area contributed by atoms with Gasteiger partial charge in [0.15, 0.2) is 11.5 Å². The number of rotatable bonds is 15. The molecule has 4 N–H and O–H groups in total. The number of nitrogens with two attached hydrogens (primary N) is 1. The molecule has 0 radical (unpaired) electrons. The van der Waals surface area contributed by atoms with Gasteiger partial charge in [-0.05, 0) is 33.6 Å². The van der Waals surface area contributed by atoms with E-state index in [1.165, 1.54) is 6.33 Å². The lowest BCUT2D eigenvalue weighted by Gasteiger charge is -2.26. The standard InChI is InChI=1S/C23H40N7O6P/c1-14(2)10-34-23(32)18(7)29-37(33,28-8-16(5)22(31)36-15(3)4)13-35-17(6)9-30-12-27-19-20(24)25-11-26-21(19)30/h11-12,14-18H,8-10,13H2,1-7H3,(H2,24,25,26)(H2,28,29,33)/t16-,17+,18-,37-/m0/s1. The number of aromatic nitrogens is 4. The minimum atomic E-state index is -3.51. The maximum atomic E-state index is 13.8. The van der Waals surface area contributed by atoms with Gasteiger partial charge in [-0.2, -0.15) is 0 Å². The number of nitrogens with zero attached hydrogens (tertiary/aromatic N) is 4. The molecular weight excluding hydrogens is 501 g/mol. The number of fused-ring (bicyclic) bond motifs is 1. The average molecular weight is 542 g/mol. The minimum Gasteiger partial charge on any atom is -0.464 e. The van der Waals surface area contributed by atoms with Crippen molar-refractivity contribution < 1.29 is 28.4 Å². The van der Waals surface area contributed by atoms with Gasteiger partial charge in [0.2, 0.25) is 7.44 Å². The van der Waals surface area contributed by atoms with Crippen LogP contribution in [0.1, 0.15) is 48.5 Å². The molecule has 4 atom stereocenters. The Morgan fingerprint density at radius 2 is 1.78 bits per heavy atom. The number of nitrogens with one attached hydrogen (secondary N) is 2. The lowest BCUT2D eigenvalue weighted by Crippen LogP contribution is -2.40. The van der Waals surface area contributed by atoms with Gasteiger partial charge < -0.3 is 24.5 Å². The Morgan fingerprint density at radius 1 is 1.08 bits per heavy atom. The molecule has 0 spiro atoms. The van der Waals surface area contributed by atoms with Crippen LogP contribution >= 0.6 is 7.44 Å². The first-order valence-corrected chi connectivity index (χ1v) is 14.2. The fourth-order valence-corrected chi connectivity index (χ4v) is 5.20. The third kappa shape index (κ3) is 9.66. The van der Waals surface area contributed by atoms with Crippen LogP contribution in [0.15, 0.2) is 12.7 Å². The summed E-state index contributed by atoms with van der Waals surface area (Å²) in [5.41, 5.74) is 6.89. The van der Waals surface area contributed by atoms with Crippen molar-refractivity contribution in [1.29, 1.82) is 0 Å². The number of esters is 2. The van der Waals surface area contributed by atoms with Gasteiger partial charge in [0.05, 0.1) is 37.6 Å². The summed E-state index contributed by atoms with van der Waals surface area (Å²) in [5, 5.41) is 5.75. The monoisotopic (exact) mass is 541 g/mol. The Hall–Kier alpha value is -2.60. The van der Waals surface area contributed by atoms with E-state index in [0.29, 0.717) is 17.7 Å². The Morgan fingerprint density at radius 3 is 2.43 bits per heavy atom. The first-order valence-electron chi connectivity index (χ1n) is 12.3. The number of hydrogen-bond acceptors (Lipinski definition) is 10. The average Bonchev–Trinajstić information content (AvgIpc) is 3.23. The molecular formula is C23H40N7O6P. The van der Waals surface area contributed by atoms with E-state index in [2.05, 4.69) is 25.1 Å². The molecule has 2 aromatic heterocycles. The number of nitrogen functional groups attached to an aromatic ring is 1. The summed E-state index contributed by atoms with van der Waals surface area (Å²) < 4.78 is 32.0. The molecule has 37 heavy (non-hydrogen) atoms. The van der Waals surface area contributed by atoms with Gasteiger partial charge in [-0.3, -0.25) is 19.2 Å². The van der Waals surface area contributed by atoms with E-state index in [1.54, 1.807) is 38.6 Å². The highest BCUT2D eigenvalue weighted by Crippen LogP contribution is 2.37. The Balaban J connectivity index is 2.07. The highest BCUT2D eigenvalue weighted by Gasteiger charge is 2.30. The number of ether oxygens (including phenoxy) is 3. The SMILES string of the molecule is CC(C)COC(=O)[C@H](C)N[P@](=O)(CO[C@H](C)Cn1cnc2c(N)ncnc21)NC[C@H](C)C(=O)OC(C)C. The molecule has 208 valence electrons. The second-order valence-corrected chi connectivity index (χ2v) is 12.1. The molecule has 0 aliphatic heterocycles. The van der Waals surface area contributed by atoms with Crippen LogP contribution < -0.4 is 15.9 Å². The molecule has 2 heterocycles. The molecule has 0 bridgehead atoms. The molecule has 0 saturated carbocycles. The van der Waals surface area contributed by atoms with Gasteiger partial charge in [0, 0.05) is 6.54 Å². The Kier molecular flexibility index (Phi) is 11.4. The van der Waals surface area contributed by atoms with E-state index < -0.39 is 37.4 Å². The molecule has 0 saturated heterocycles. The van der Waals surface area contributed by atoms with Crippen molar-refractivity contribution in [2.24, 2.45) is 11.8 Å². The summed E-state index contributed by atoms with van der Waals surface area (Å²) in [5.74, 6) is -1.07. The number of hydrogen-bond donors (Lipinski definition) is 3. The largest absolute Gasteiger partial charge is 0.464 e. The zero-order chi connectivity index (χ0) is 27.8. The van der Waals surface area contributed by atoms with E-state index in [4.69, 9.17) is 19.9 Å². The second kappa shape index (κ2) is 13.8. The highest BCUT2D eigenvalue weighted by atomic mass is 31.2. The number of carbonyl (C=O) groups is 2. The number of carbonyl (C=O) groups excluding carboxylic acids is 2. The third-order valence-corrected chi connectivity index (χ3v) is 7.16. The molecule has 0 aromatic carbocycles. The van der Waals surface area contributed by atoms with Crippen molar-refractivity contribution in [2.75, 3.05) is 25.2 Å². The van der Waals surface area contributed by atoms with Crippen LogP contribution in [0.5, 0.6) is 0 Å². The predicted octanol–water partition coefficient (Wildman–Crippen LogP) is 2.32.